The van der Waals surface area contributed by atoms with E-state index in [9.17, 15) is 4.79 Å². The van der Waals surface area contributed by atoms with Crippen LogP contribution in [0.1, 0.15) is 42.6 Å². The molecular formula is C19H25N3O. The number of benzene rings is 1. The van der Waals surface area contributed by atoms with Crippen molar-refractivity contribution in [2.24, 2.45) is 0 Å². The maximum absolute atomic E-state index is 12.4. The van der Waals surface area contributed by atoms with Crippen molar-refractivity contribution < 1.29 is 4.79 Å². The van der Waals surface area contributed by atoms with E-state index in [0.29, 0.717) is 5.56 Å². The van der Waals surface area contributed by atoms with Crippen molar-refractivity contribution in [2.75, 3.05) is 23.3 Å². The van der Waals surface area contributed by atoms with Gasteiger partial charge in [0.1, 0.15) is 5.82 Å². The molecule has 1 N–H and O–H groups in total. The number of nitrogens with one attached hydrogen (secondary N) is 1. The summed E-state index contributed by atoms with van der Waals surface area (Å²) in [5.41, 5.74) is 2.61. The van der Waals surface area contributed by atoms with E-state index in [4.69, 9.17) is 0 Å². The fourth-order valence-corrected chi connectivity index (χ4v) is 2.45. The Hall–Kier alpha value is -2.36. The Kier molecular flexibility index (Phi) is 6.15. The molecule has 0 atom stereocenters. The van der Waals surface area contributed by atoms with Crippen LogP contribution in [0.5, 0.6) is 0 Å². The SMILES string of the molecule is CCCN(CCC)c1cc(C(=O)Nc2ccc(C)cc2)ccn1. The fourth-order valence-electron chi connectivity index (χ4n) is 2.45. The molecule has 0 unspecified atom stereocenters. The highest BCUT2D eigenvalue weighted by Gasteiger charge is 2.11. The van der Waals surface area contributed by atoms with Gasteiger partial charge < -0.3 is 10.2 Å². The van der Waals surface area contributed by atoms with Gasteiger partial charge in [-0.3, -0.25) is 4.79 Å². The third-order valence-electron chi connectivity index (χ3n) is 3.63. The summed E-state index contributed by atoms with van der Waals surface area (Å²) in [7, 11) is 0. The summed E-state index contributed by atoms with van der Waals surface area (Å²) in [6.07, 6.45) is 3.82. The molecule has 4 nitrogen and oxygen atoms in total. The zero-order chi connectivity index (χ0) is 16.7. The topological polar surface area (TPSA) is 45.2 Å². The van der Waals surface area contributed by atoms with E-state index in [-0.39, 0.29) is 5.91 Å². The molecule has 1 amide bonds. The average Bonchev–Trinajstić information content (AvgIpc) is 2.57. The first-order valence-corrected chi connectivity index (χ1v) is 8.23. The molecule has 0 bridgehead atoms. The standard InChI is InChI=1S/C19H25N3O/c1-4-12-22(13-5-2)18-14-16(10-11-20-18)19(23)21-17-8-6-15(3)7-9-17/h6-11,14H,4-5,12-13H2,1-3H3,(H,21,23). The van der Waals surface area contributed by atoms with Gasteiger partial charge in [-0.2, -0.15) is 0 Å². The van der Waals surface area contributed by atoms with Gasteiger partial charge in [-0.25, -0.2) is 4.98 Å². The number of carbonyl (C=O) groups excluding carboxylic acids is 1. The minimum Gasteiger partial charge on any atom is -0.357 e. The zero-order valence-electron chi connectivity index (χ0n) is 14.2. The highest BCUT2D eigenvalue weighted by molar-refractivity contribution is 6.04. The van der Waals surface area contributed by atoms with Gasteiger partial charge in [0.2, 0.25) is 0 Å². The number of aromatic nitrogens is 1. The monoisotopic (exact) mass is 311 g/mol. The van der Waals surface area contributed by atoms with Crippen molar-refractivity contribution in [1.29, 1.82) is 0 Å². The third kappa shape index (κ3) is 4.81. The average molecular weight is 311 g/mol. The van der Waals surface area contributed by atoms with E-state index in [1.54, 1.807) is 12.3 Å². The van der Waals surface area contributed by atoms with Crippen LogP contribution in [0, 0.1) is 6.92 Å². The largest absolute Gasteiger partial charge is 0.357 e. The second-order valence-corrected chi connectivity index (χ2v) is 5.71. The number of hydrogen-bond donors (Lipinski definition) is 1. The predicted molar refractivity (Wildman–Crippen MR) is 96.2 cm³/mol. The lowest BCUT2D eigenvalue weighted by Gasteiger charge is -2.22. The van der Waals surface area contributed by atoms with Crippen molar-refractivity contribution in [2.45, 2.75) is 33.6 Å². The van der Waals surface area contributed by atoms with Crippen LogP contribution in [0.2, 0.25) is 0 Å². The molecule has 1 heterocycles. The number of pyridine rings is 1. The molecule has 0 aliphatic carbocycles. The number of rotatable bonds is 7. The van der Waals surface area contributed by atoms with Gasteiger partial charge in [-0.05, 0) is 44.0 Å². The van der Waals surface area contributed by atoms with E-state index in [2.05, 4.69) is 29.0 Å². The molecule has 0 saturated heterocycles. The Morgan fingerprint density at radius 1 is 1.09 bits per heavy atom. The molecule has 2 aromatic rings. The second kappa shape index (κ2) is 8.32. The lowest BCUT2D eigenvalue weighted by Crippen LogP contribution is -2.26. The Labute approximate surface area is 138 Å². The normalized spacial score (nSPS) is 10.4. The van der Waals surface area contributed by atoms with Crippen LogP contribution in [0.4, 0.5) is 11.5 Å². The maximum atomic E-state index is 12.4. The number of nitrogens with zero attached hydrogens (tertiary/aromatic N) is 2. The molecule has 0 aliphatic heterocycles. The summed E-state index contributed by atoms with van der Waals surface area (Å²) in [5, 5.41) is 2.93. The Balaban J connectivity index is 2.14. The van der Waals surface area contributed by atoms with Crippen LogP contribution < -0.4 is 10.2 Å². The summed E-state index contributed by atoms with van der Waals surface area (Å²) in [5.74, 6) is 0.760. The van der Waals surface area contributed by atoms with E-state index in [1.807, 2.05) is 37.3 Å². The molecule has 122 valence electrons. The van der Waals surface area contributed by atoms with Gasteiger partial charge in [0, 0.05) is 30.5 Å². The molecule has 1 aromatic heterocycles. The Morgan fingerprint density at radius 2 is 1.74 bits per heavy atom. The summed E-state index contributed by atoms with van der Waals surface area (Å²) in [6.45, 7) is 8.22. The predicted octanol–water partition coefficient (Wildman–Crippen LogP) is 4.27. The number of amides is 1. The zero-order valence-corrected chi connectivity index (χ0v) is 14.2. The van der Waals surface area contributed by atoms with Crippen molar-refractivity contribution in [3.63, 3.8) is 0 Å². The van der Waals surface area contributed by atoms with Crippen molar-refractivity contribution in [3.05, 3.63) is 53.7 Å². The van der Waals surface area contributed by atoms with Crippen molar-refractivity contribution in [3.8, 4) is 0 Å². The smallest absolute Gasteiger partial charge is 0.255 e. The van der Waals surface area contributed by atoms with Gasteiger partial charge in [-0.15, -0.1) is 0 Å². The highest BCUT2D eigenvalue weighted by Crippen LogP contribution is 2.16. The van der Waals surface area contributed by atoms with Crippen LogP contribution in [-0.4, -0.2) is 24.0 Å². The molecule has 0 spiro atoms. The van der Waals surface area contributed by atoms with E-state index in [1.165, 1.54) is 5.56 Å². The van der Waals surface area contributed by atoms with Crippen LogP contribution in [-0.2, 0) is 0 Å². The minimum absolute atomic E-state index is 0.106. The lowest BCUT2D eigenvalue weighted by atomic mass is 10.2. The molecule has 1 aromatic carbocycles. The molecule has 4 heteroatoms. The van der Waals surface area contributed by atoms with Gasteiger partial charge >= 0.3 is 0 Å². The summed E-state index contributed by atoms with van der Waals surface area (Å²) in [6, 6.07) is 11.4. The van der Waals surface area contributed by atoms with Gasteiger partial charge in [-0.1, -0.05) is 31.5 Å². The van der Waals surface area contributed by atoms with E-state index < -0.39 is 0 Å². The minimum atomic E-state index is -0.106. The number of hydrogen-bond acceptors (Lipinski definition) is 3. The highest BCUT2D eigenvalue weighted by atomic mass is 16.1. The first kappa shape index (κ1) is 17.0. The van der Waals surface area contributed by atoms with Crippen molar-refractivity contribution in [1.82, 2.24) is 4.98 Å². The molecule has 0 fully saturated rings. The lowest BCUT2D eigenvalue weighted by molar-refractivity contribution is 0.102. The quantitative estimate of drug-likeness (QED) is 0.830. The van der Waals surface area contributed by atoms with Crippen LogP contribution >= 0.6 is 0 Å². The molecule has 0 aliphatic rings. The van der Waals surface area contributed by atoms with Crippen molar-refractivity contribution >= 4 is 17.4 Å². The van der Waals surface area contributed by atoms with Gasteiger partial charge in [0.25, 0.3) is 5.91 Å². The Morgan fingerprint density at radius 3 is 2.35 bits per heavy atom. The molecule has 23 heavy (non-hydrogen) atoms. The summed E-state index contributed by atoms with van der Waals surface area (Å²) in [4.78, 5) is 19.1. The fraction of sp³-hybridized carbons (Fsp3) is 0.368. The first-order valence-electron chi connectivity index (χ1n) is 8.23. The van der Waals surface area contributed by atoms with Gasteiger partial charge in [0.15, 0.2) is 0 Å². The molecule has 0 radical (unpaired) electrons. The third-order valence-corrected chi connectivity index (χ3v) is 3.63. The Bertz CT molecular complexity index is 631. The maximum Gasteiger partial charge on any atom is 0.255 e. The number of carbonyl (C=O) groups is 1. The summed E-state index contributed by atoms with van der Waals surface area (Å²) < 4.78 is 0. The molecule has 2 rings (SSSR count). The van der Waals surface area contributed by atoms with Crippen LogP contribution in [0.3, 0.4) is 0 Å². The first-order chi connectivity index (χ1) is 11.1. The summed E-state index contributed by atoms with van der Waals surface area (Å²) >= 11 is 0. The van der Waals surface area contributed by atoms with E-state index in [0.717, 1.165) is 37.4 Å². The number of aryl methyl sites for hydroxylation is 1. The van der Waals surface area contributed by atoms with Crippen LogP contribution in [0.15, 0.2) is 42.6 Å². The van der Waals surface area contributed by atoms with E-state index >= 15 is 0 Å². The molecule has 0 saturated carbocycles. The number of anilines is 2. The van der Waals surface area contributed by atoms with Crippen LogP contribution in [0.25, 0.3) is 0 Å². The van der Waals surface area contributed by atoms with Gasteiger partial charge in [0.05, 0.1) is 0 Å². The second-order valence-electron chi connectivity index (χ2n) is 5.71. The molecular weight excluding hydrogens is 286 g/mol.